The highest BCUT2D eigenvalue weighted by atomic mass is 35.5. The van der Waals surface area contributed by atoms with E-state index in [4.69, 9.17) is 16.7 Å². The van der Waals surface area contributed by atoms with Gasteiger partial charge in [-0.1, -0.05) is 11.6 Å². The van der Waals surface area contributed by atoms with Crippen LogP contribution in [0.3, 0.4) is 0 Å². The van der Waals surface area contributed by atoms with Crippen molar-refractivity contribution in [2.24, 2.45) is 0 Å². The van der Waals surface area contributed by atoms with Gasteiger partial charge < -0.3 is 10.2 Å². The zero-order valence-electron chi connectivity index (χ0n) is 13.9. The predicted octanol–water partition coefficient (Wildman–Crippen LogP) is 2.68. The van der Waals surface area contributed by atoms with Crippen LogP contribution in [0, 0.1) is 0 Å². The van der Waals surface area contributed by atoms with Crippen LogP contribution in [-0.4, -0.2) is 30.8 Å². The summed E-state index contributed by atoms with van der Waals surface area (Å²) < 4.78 is 40.3. The molecule has 28 heavy (non-hydrogen) atoms. The normalized spacial score (nSPS) is 13.0. The third-order valence-electron chi connectivity index (χ3n) is 3.90. The fourth-order valence-electron chi connectivity index (χ4n) is 2.68. The maximum Gasteiger partial charge on any atom is 0.416 e. The first-order valence-corrected chi connectivity index (χ1v) is 8.14. The minimum Gasteiger partial charge on any atom is -0.511 e. The van der Waals surface area contributed by atoms with Gasteiger partial charge in [0.2, 0.25) is 0 Å². The number of hydrogen-bond donors (Lipinski definition) is 2. The Morgan fingerprint density at radius 3 is 2.50 bits per heavy atom. The first-order chi connectivity index (χ1) is 13.1. The molecule has 2 N–H and O–H groups in total. The van der Waals surface area contributed by atoms with Crippen molar-refractivity contribution in [1.29, 1.82) is 0 Å². The number of nitrogens with zero attached hydrogens (tertiary/aromatic N) is 3. The van der Waals surface area contributed by atoms with Gasteiger partial charge in [-0.2, -0.15) is 18.3 Å². The zero-order chi connectivity index (χ0) is 20.6. The van der Waals surface area contributed by atoms with Gasteiger partial charge in [0.05, 0.1) is 17.7 Å². The van der Waals surface area contributed by atoms with E-state index in [0.29, 0.717) is 0 Å². The molecule has 2 heterocycles. The van der Waals surface area contributed by atoms with Gasteiger partial charge in [0, 0.05) is 23.1 Å². The number of alkyl halides is 3. The first kappa shape index (κ1) is 19.6. The molecule has 2 aromatic heterocycles. The standard InChI is InChI=1S/C17H11ClF3N3O4/c18-10-4-8(3-9(5-10)17(19,20)21)11-6-13(26)15(12(25)1-2-14(27)28)16-22-7-23-24(11)16/h3-7,25H,1-2H2,(H,27,28)/b15-12-. The number of halogens is 4. The van der Waals surface area contributed by atoms with Crippen LogP contribution in [0.25, 0.3) is 22.7 Å². The molecule has 0 amide bonds. The average molecular weight is 414 g/mol. The molecule has 0 aliphatic heterocycles. The lowest BCUT2D eigenvalue weighted by Gasteiger charge is -2.11. The molecule has 146 valence electrons. The predicted molar refractivity (Wildman–Crippen MR) is 92.8 cm³/mol. The van der Waals surface area contributed by atoms with Gasteiger partial charge in [-0.15, -0.1) is 0 Å². The van der Waals surface area contributed by atoms with Crippen LogP contribution in [0.2, 0.25) is 5.02 Å². The molecule has 0 saturated carbocycles. The minimum atomic E-state index is -4.65. The monoisotopic (exact) mass is 413 g/mol. The number of rotatable bonds is 4. The van der Waals surface area contributed by atoms with E-state index in [2.05, 4.69) is 10.1 Å². The molecular formula is C17H11ClF3N3O4. The Balaban J connectivity index is 2.27. The highest BCUT2D eigenvalue weighted by molar-refractivity contribution is 6.31. The summed E-state index contributed by atoms with van der Waals surface area (Å²) in [5.41, 5.74) is -1.90. The lowest BCUT2D eigenvalue weighted by atomic mass is 10.1. The Hall–Kier alpha value is -3.14. The molecule has 0 radical (unpaired) electrons. The van der Waals surface area contributed by atoms with E-state index >= 15 is 0 Å². The van der Waals surface area contributed by atoms with Gasteiger partial charge in [0.15, 0.2) is 11.1 Å². The number of fused-ring (bicyclic) bond motifs is 1. The van der Waals surface area contributed by atoms with E-state index in [-0.39, 0.29) is 33.6 Å². The van der Waals surface area contributed by atoms with Crippen molar-refractivity contribution in [3.05, 3.63) is 56.6 Å². The summed E-state index contributed by atoms with van der Waals surface area (Å²) in [5, 5.41) is 22.3. The van der Waals surface area contributed by atoms with Crippen molar-refractivity contribution >= 4 is 29.0 Å². The second-order valence-electron chi connectivity index (χ2n) is 5.83. The van der Waals surface area contributed by atoms with Gasteiger partial charge >= 0.3 is 12.1 Å². The lowest BCUT2D eigenvalue weighted by Crippen LogP contribution is -2.30. The number of aromatic nitrogens is 3. The number of aliphatic hydroxyl groups is 1. The van der Waals surface area contributed by atoms with Gasteiger partial charge in [-0.25, -0.2) is 9.50 Å². The molecule has 0 aliphatic carbocycles. The van der Waals surface area contributed by atoms with E-state index in [9.17, 15) is 27.9 Å². The summed E-state index contributed by atoms with van der Waals surface area (Å²) in [6.07, 6.45) is -4.33. The van der Waals surface area contributed by atoms with Crippen molar-refractivity contribution < 1.29 is 28.2 Å². The molecule has 1 aromatic carbocycles. The smallest absolute Gasteiger partial charge is 0.416 e. The zero-order valence-corrected chi connectivity index (χ0v) is 14.6. The third-order valence-corrected chi connectivity index (χ3v) is 4.12. The maximum absolute atomic E-state index is 13.1. The summed E-state index contributed by atoms with van der Waals surface area (Å²) >= 11 is 5.80. The highest BCUT2D eigenvalue weighted by Crippen LogP contribution is 2.34. The number of carboxylic acid groups (broad SMARTS) is 1. The maximum atomic E-state index is 13.1. The summed E-state index contributed by atoms with van der Waals surface area (Å²) in [6.45, 7) is 0. The number of aliphatic carboxylic acids is 1. The Morgan fingerprint density at radius 1 is 1.14 bits per heavy atom. The van der Waals surface area contributed by atoms with Crippen LogP contribution < -0.4 is 10.6 Å². The number of carboxylic acids is 1. The van der Waals surface area contributed by atoms with Gasteiger partial charge in [-0.05, 0) is 18.2 Å². The molecule has 3 aromatic rings. The third kappa shape index (κ3) is 3.77. The molecule has 11 heteroatoms. The summed E-state index contributed by atoms with van der Waals surface area (Å²) in [6, 6.07) is 3.79. The van der Waals surface area contributed by atoms with Crippen LogP contribution in [-0.2, 0) is 11.0 Å². The van der Waals surface area contributed by atoms with E-state index in [1.807, 2.05) is 0 Å². The molecule has 0 fully saturated rings. The van der Waals surface area contributed by atoms with Crippen LogP contribution in [0.15, 0.2) is 35.4 Å². The Morgan fingerprint density at radius 2 is 1.86 bits per heavy atom. The minimum absolute atomic E-state index is 0.0136. The molecule has 0 saturated heterocycles. The molecular weight excluding hydrogens is 403 g/mol. The fraction of sp³-hybridized carbons (Fsp3) is 0.176. The highest BCUT2D eigenvalue weighted by Gasteiger charge is 2.31. The fourth-order valence-corrected chi connectivity index (χ4v) is 2.92. The number of benzene rings is 1. The lowest BCUT2D eigenvalue weighted by molar-refractivity contribution is -0.138. The first-order valence-electron chi connectivity index (χ1n) is 7.77. The van der Waals surface area contributed by atoms with Gasteiger partial charge in [0.1, 0.15) is 17.3 Å². The molecule has 3 rings (SSSR count). The molecule has 0 aliphatic rings. The van der Waals surface area contributed by atoms with Crippen LogP contribution in [0.5, 0.6) is 0 Å². The van der Waals surface area contributed by atoms with Crippen molar-refractivity contribution in [1.82, 2.24) is 14.6 Å². The molecule has 0 atom stereocenters. The quantitative estimate of drug-likeness (QED) is 0.681. The second-order valence-corrected chi connectivity index (χ2v) is 6.27. The second kappa shape index (κ2) is 7.12. The van der Waals surface area contributed by atoms with Crippen LogP contribution in [0.4, 0.5) is 13.2 Å². The van der Waals surface area contributed by atoms with Crippen molar-refractivity contribution in [2.45, 2.75) is 19.0 Å². The largest absolute Gasteiger partial charge is 0.511 e. The Labute approximate surface area is 159 Å². The SMILES string of the molecule is O=C(O)CC/C(O)=c1\c(=O)cc(-c2cc(Cl)cc(C(F)(F)F)c2)n2ncnc12. The summed E-state index contributed by atoms with van der Waals surface area (Å²) in [4.78, 5) is 27.1. The van der Waals surface area contributed by atoms with Gasteiger partial charge in [0.25, 0.3) is 0 Å². The van der Waals surface area contributed by atoms with Crippen LogP contribution >= 0.6 is 11.6 Å². The molecule has 0 spiro atoms. The summed E-state index contributed by atoms with van der Waals surface area (Å²) in [7, 11) is 0. The topological polar surface area (TPSA) is 105 Å². The van der Waals surface area contributed by atoms with Crippen molar-refractivity contribution in [2.75, 3.05) is 0 Å². The number of aliphatic hydroxyl groups excluding tert-OH is 1. The molecule has 0 bridgehead atoms. The average Bonchev–Trinajstić information content (AvgIpc) is 3.06. The van der Waals surface area contributed by atoms with Crippen LogP contribution in [0.1, 0.15) is 18.4 Å². The van der Waals surface area contributed by atoms with E-state index < -0.39 is 35.3 Å². The van der Waals surface area contributed by atoms with E-state index in [1.54, 1.807) is 0 Å². The van der Waals surface area contributed by atoms with E-state index in [0.717, 1.165) is 29.0 Å². The van der Waals surface area contributed by atoms with E-state index in [1.165, 1.54) is 6.07 Å². The molecule has 0 unspecified atom stereocenters. The summed E-state index contributed by atoms with van der Waals surface area (Å²) in [5.74, 6) is -1.68. The number of hydrogen-bond acceptors (Lipinski definition) is 5. The Bertz CT molecular complexity index is 1190. The Kier molecular flexibility index (Phi) is 4.99. The van der Waals surface area contributed by atoms with Crippen molar-refractivity contribution in [3.8, 4) is 11.3 Å². The number of carbonyl (C=O) groups is 1. The molecule has 7 nitrogen and oxygen atoms in total. The van der Waals surface area contributed by atoms with Gasteiger partial charge in [-0.3, -0.25) is 9.59 Å². The van der Waals surface area contributed by atoms with Crippen molar-refractivity contribution in [3.63, 3.8) is 0 Å². The number of pyridine rings is 1.